The monoisotopic (exact) mass is 492 g/mol. The maximum Gasteiger partial charge on any atom is 0.245 e. The Morgan fingerprint density at radius 1 is 1.00 bits per heavy atom. The minimum Gasteiger partial charge on any atom is -0.343 e. The number of benzene rings is 2. The molecule has 0 aromatic heterocycles. The van der Waals surface area contributed by atoms with E-state index >= 15 is 0 Å². The highest BCUT2D eigenvalue weighted by atomic mass is 16.2. The maximum absolute atomic E-state index is 13.5. The highest BCUT2D eigenvalue weighted by Gasteiger charge is 2.36. The molecule has 1 aliphatic rings. The largest absolute Gasteiger partial charge is 0.343 e. The zero-order chi connectivity index (χ0) is 26.1. The fourth-order valence-electron chi connectivity index (χ4n) is 4.66. The molecule has 3 amide bonds. The van der Waals surface area contributed by atoms with Crippen molar-refractivity contribution in [1.82, 2.24) is 15.1 Å². The summed E-state index contributed by atoms with van der Waals surface area (Å²) in [6, 6.07) is 18.5. The minimum absolute atomic E-state index is 0.0575. The molecule has 36 heavy (non-hydrogen) atoms. The quantitative estimate of drug-likeness (QED) is 0.504. The molecule has 0 radical (unpaired) electrons. The van der Waals surface area contributed by atoms with E-state index in [0.29, 0.717) is 26.1 Å². The average molecular weight is 493 g/mol. The minimum atomic E-state index is -0.683. The molecular weight excluding hydrogens is 452 g/mol. The lowest BCUT2D eigenvalue weighted by Gasteiger charge is -2.34. The maximum atomic E-state index is 13.5. The number of likely N-dealkylation sites (tertiary alicyclic amines) is 1. The van der Waals surface area contributed by atoms with Crippen LogP contribution in [0.3, 0.4) is 0 Å². The van der Waals surface area contributed by atoms with Crippen molar-refractivity contribution in [2.24, 2.45) is 11.7 Å². The Balaban J connectivity index is 1.74. The summed E-state index contributed by atoms with van der Waals surface area (Å²) in [6.45, 7) is 7.15. The zero-order valence-electron chi connectivity index (χ0n) is 21.7. The van der Waals surface area contributed by atoms with Crippen LogP contribution in [0, 0.1) is 5.92 Å². The highest BCUT2D eigenvalue weighted by Crippen LogP contribution is 2.22. The van der Waals surface area contributed by atoms with Crippen molar-refractivity contribution in [3.8, 4) is 0 Å². The van der Waals surface area contributed by atoms with Crippen LogP contribution < -0.4 is 11.1 Å². The average Bonchev–Trinajstić information content (AvgIpc) is 3.33. The Morgan fingerprint density at radius 2 is 1.61 bits per heavy atom. The number of carbonyl (C=O) groups is 3. The van der Waals surface area contributed by atoms with Gasteiger partial charge in [0, 0.05) is 25.7 Å². The van der Waals surface area contributed by atoms with Gasteiger partial charge in [0.2, 0.25) is 17.7 Å². The predicted octanol–water partition coefficient (Wildman–Crippen LogP) is 2.78. The van der Waals surface area contributed by atoms with Gasteiger partial charge in [0.05, 0.1) is 12.5 Å². The Kier molecular flexibility index (Phi) is 10.1. The molecule has 194 valence electrons. The van der Waals surface area contributed by atoms with Crippen molar-refractivity contribution in [2.45, 2.75) is 64.6 Å². The second-order valence-electron chi connectivity index (χ2n) is 10.1. The van der Waals surface area contributed by atoms with Gasteiger partial charge < -0.3 is 20.9 Å². The third-order valence-corrected chi connectivity index (χ3v) is 6.80. The highest BCUT2D eigenvalue weighted by molar-refractivity contribution is 5.90. The first kappa shape index (κ1) is 27.4. The van der Waals surface area contributed by atoms with Gasteiger partial charge in [0.1, 0.15) is 6.04 Å². The van der Waals surface area contributed by atoms with Gasteiger partial charge >= 0.3 is 0 Å². The Morgan fingerprint density at radius 3 is 2.19 bits per heavy atom. The van der Waals surface area contributed by atoms with Crippen LogP contribution in [0.2, 0.25) is 0 Å². The van der Waals surface area contributed by atoms with Crippen LogP contribution >= 0.6 is 0 Å². The number of nitrogens with two attached hydrogens (primary N) is 1. The molecule has 0 unspecified atom stereocenters. The second-order valence-corrected chi connectivity index (χ2v) is 10.1. The summed E-state index contributed by atoms with van der Waals surface area (Å²) in [7, 11) is 0. The smallest absolute Gasteiger partial charge is 0.245 e. The SMILES string of the molecule is CC(C)[C@H](NC(=O)[C@H](C)N)C(=O)N1CCC[C@H]1CN(CCc1ccccc1)C(=O)Cc1ccccc1. The van der Waals surface area contributed by atoms with Gasteiger partial charge in [-0.15, -0.1) is 0 Å². The molecule has 0 bridgehead atoms. The lowest BCUT2D eigenvalue weighted by molar-refractivity contribution is -0.140. The number of amides is 3. The summed E-state index contributed by atoms with van der Waals surface area (Å²) in [5, 5.41) is 2.83. The summed E-state index contributed by atoms with van der Waals surface area (Å²) < 4.78 is 0. The number of rotatable bonds is 11. The molecule has 0 saturated carbocycles. The van der Waals surface area contributed by atoms with Gasteiger partial charge in [-0.3, -0.25) is 14.4 Å². The molecule has 3 atom stereocenters. The summed E-state index contributed by atoms with van der Waals surface area (Å²) >= 11 is 0. The summed E-state index contributed by atoms with van der Waals surface area (Å²) in [6.07, 6.45) is 2.79. The van der Waals surface area contributed by atoms with E-state index in [4.69, 9.17) is 5.73 Å². The number of carbonyl (C=O) groups excluding carboxylic acids is 3. The van der Waals surface area contributed by atoms with E-state index in [2.05, 4.69) is 17.4 Å². The van der Waals surface area contributed by atoms with Gasteiger partial charge in [-0.25, -0.2) is 0 Å². The molecule has 7 nitrogen and oxygen atoms in total. The van der Waals surface area contributed by atoms with Crippen LogP contribution in [-0.4, -0.2) is 65.3 Å². The van der Waals surface area contributed by atoms with E-state index in [0.717, 1.165) is 24.8 Å². The summed E-state index contributed by atoms with van der Waals surface area (Å²) in [4.78, 5) is 43.0. The molecule has 0 aliphatic carbocycles. The van der Waals surface area contributed by atoms with E-state index in [1.165, 1.54) is 5.56 Å². The predicted molar refractivity (Wildman–Crippen MR) is 142 cm³/mol. The first-order chi connectivity index (χ1) is 17.3. The van der Waals surface area contributed by atoms with Gasteiger partial charge in [0.25, 0.3) is 0 Å². The number of hydrogen-bond donors (Lipinski definition) is 2. The molecule has 1 saturated heterocycles. The van der Waals surface area contributed by atoms with Crippen molar-refractivity contribution in [3.63, 3.8) is 0 Å². The normalized spacial score (nSPS) is 17.0. The van der Waals surface area contributed by atoms with E-state index in [9.17, 15) is 14.4 Å². The van der Waals surface area contributed by atoms with Crippen molar-refractivity contribution in [3.05, 3.63) is 71.8 Å². The molecule has 1 aliphatic heterocycles. The molecule has 1 heterocycles. The topological polar surface area (TPSA) is 95.7 Å². The molecule has 2 aromatic carbocycles. The standard InChI is InChI=1S/C29H40N4O3/c1-21(2)27(31-28(35)22(3)30)29(36)33-17-10-15-25(33)20-32(18-16-23-11-6-4-7-12-23)26(34)19-24-13-8-5-9-14-24/h4-9,11-14,21-22,25,27H,10,15-20,30H2,1-3H3,(H,31,35)/t22-,25-,27-/m0/s1. The second kappa shape index (κ2) is 13.2. The van der Waals surface area contributed by atoms with Gasteiger partial charge in [0.15, 0.2) is 0 Å². The Bertz CT molecular complexity index is 994. The number of nitrogens with zero attached hydrogens (tertiary/aromatic N) is 2. The summed E-state index contributed by atoms with van der Waals surface area (Å²) in [5.74, 6) is -0.446. The third kappa shape index (κ3) is 7.65. The van der Waals surface area contributed by atoms with Crippen LogP contribution in [0.25, 0.3) is 0 Å². The molecule has 7 heteroatoms. The fourth-order valence-corrected chi connectivity index (χ4v) is 4.66. The van der Waals surface area contributed by atoms with Crippen LogP contribution in [0.15, 0.2) is 60.7 Å². The van der Waals surface area contributed by atoms with Crippen molar-refractivity contribution in [2.75, 3.05) is 19.6 Å². The van der Waals surface area contributed by atoms with E-state index in [1.54, 1.807) is 6.92 Å². The zero-order valence-corrected chi connectivity index (χ0v) is 21.7. The van der Waals surface area contributed by atoms with Gasteiger partial charge in [-0.2, -0.15) is 0 Å². The Labute approximate surface area is 215 Å². The Hall–Kier alpha value is -3.19. The van der Waals surface area contributed by atoms with Crippen LogP contribution in [0.1, 0.15) is 44.7 Å². The lowest BCUT2D eigenvalue weighted by atomic mass is 10.0. The molecule has 3 N–H and O–H groups in total. The van der Waals surface area contributed by atoms with Crippen LogP contribution in [-0.2, 0) is 27.2 Å². The van der Waals surface area contributed by atoms with E-state index < -0.39 is 12.1 Å². The van der Waals surface area contributed by atoms with Gasteiger partial charge in [-0.05, 0) is 43.2 Å². The van der Waals surface area contributed by atoms with Crippen LogP contribution in [0.4, 0.5) is 0 Å². The first-order valence-corrected chi connectivity index (χ1v) is 13.0. The van der Waals surface area contributed by atoms with E-state index in [-0.39, 0.29) is 29.7 Å². The van der Waals surface area contributed by atoms with Crippen molar-refractivity contribution < 1.29 is 14.4 Å². The van der Waals surface area contributed by atoms with Crippen LogP contribution in [0.5, 0.6) is 0 Å². The van der Waals surface area contributed by atoms with E-state index in [1.807, 2.05) is 72.2 Å². The third-order valence-electron chi connectivity index (χ3n) is 6.80. The van der Waals surface area contributed by atoms with Crippen molar-refractivity contribution in [1.29, 1.82) is 0 Å². The molecular formula is C29H40N4O3. The first-order valence-electron chi connectivity index (χ1n) is 13.0. The van der Waals surface area contributed by atoms with Crippen molar-refractivity contribution >= 4 is 17.7 Å². The number of hydrogen-bond acceptors (Lipinski definition) is 4. The fraction of sp³-hybridized carbons (Fsp3) is 0.483. The lowest BCUT2D eigenvalue weighted by Crippen LogP contribution is -2.56. The molecule has 3 rings (SSSR count). The molecule has 1 fully saturated rings. The number of nitrogens with one attached hydrogen (secondary N) is 1. The molecule has 2 aromatic rings. The van der Waals surface area contributed by atoms with Gasteiger partial charge in [-0.1, -0.05) is 74.5 Å². The molecule has 0 spiro atoms. The summed E-state index contributed by atoms with van der Waals surface area (Å²) in [5.41, 5.74) is 7.88.